The van der Waals surface area contributed by atoms with Gasteiger partial charge in [-0.05, 0) is 61.2 Å². The van der Waals surface area contributed by atoms with Gasteiger partial charge in [-0.2, -0.15) is 0 Å². The van der Waals surface area contributed by atoms with Gasteiger partial charge in [0.25, 0.3) is 11.8 Å². The molecule has 2 aliphatic heterocycles. The molecule has 2 aliphatic rings. The zero-order valence-electron chi connectivity index (χ0n) is 25.2. The van der Waals surface area contributed by atoms with Gasteiger partial charge < -0.3 is 24.4 Å². The van der Waals surface area contributed by atoms with Crippen LogP contribution in [-0.4, -0.2) is 72.8 Å². The summed E-state index contributed by atoms with van der Waals surface area (Å²) in [5.74, 6) is -1.96. The van der Waals surface area contributed by atoms with Crippen LogP contribution in [-0.2, 0) is 11.2 Å². The molecule has 238 valence electrons. The lowest BCUT2D eigenvalue weighted by molar-refractivity contribution is -0.133. The number of amides is 3. The summed E-state index contributed by atoms with van der Waals surface area (Å²) in [7, 11) is 0. The number of fused-ring (bicyclic) bond motifs is 1. The fourth-order valence-electron chi connectivity index (χ4n) is 6.11. The van der Waals surface area contributed by atoms with Crippen LogP contribution >= 0.6 is 11.6 Å². The van der Waals surface area contributed by atoms with E-state index in [1.807, 2.05) is 29.2 Å². The molecule has 1 atom stereocenters. The number of piperidine rings is 1. The standard InChI is InChI=1S/C35H34ClFN4O5/c36-24-10-8-23(9-11-24)20-28(38-33(43)32-22-30(42)27-13-12-25(37)21-31(27)46-32)35(45)41-18-16-39(17-19-41)29-7-3-2-6-26(29)34(44)40-14-4-1-5-15-40/h2-3,6-13,21-22,28H,1,4-5,14-20H2,(H,38,43)/t28-/m1/s1. The molecule has 1 N–H and O–H groups in total. The maximum absolute atomic E-state index is 13.9. The van der Waals surface area contributed by atoms with E-state index in [1.165, 1.54) is 6.07 Å². The molecule has 6 rings (SSSR count). The Kier molecular flexibility index (Phi) is 9.35. The number of para-hydroxylation sites is 1. The lowest BCUT2D eigenvalue weighted by atomic mass is 10.0. The first kappa shape index (κ1) is 31.3. The Hall–Kier alpha value is -4.70. The van der Waals surface area contributed by atoms with E-state index in [0.717, 1.165) is 61.8 Å². The quantitative estimate of drug-likeness (QED) is 0.307. The molecule has 0 spiro atoms. The minimum Gasteiger partial charge on any atom is -0.451 e. The summed E-state index contributed by atoms with van der Waals surface area (Å²) in [4.78, 5) is 59.1. The first-order valence-corrected chi connectivity index (χ1v) is 15.9. The lowest BCUT2D eigenvalue weighted by Crippen LogP contribution is -2.56. The molecule has 1 aromatic heterocycles. The average Bonchev–Trinajstić information content (AvgIpc) is 3.08. The number of nitrogens with zero attached hydrogens (tertiary/aromatic N) is 3. The van der Waals surface area contributed by atoms with Crippen molar-refractivity contribution in [3.63, 3.8) is 0 Å². The molecule has 2 fully saturated rings. The Morgan fingerprint density at radius 2 is 1.57 bits per heavy atom. The highest BCUT2D eigenvalue weighted by atomic mass is 35.5. The average molecular weight is 645 g/mol. The second-order valence-electron chi connectivity index (χ2n) is 11.7. The van der Waals surface area contributed by atoms with Gasteiger partial charge in [0.05, 0.1) is 10.9 Å². The molecule has 3 amide bonds. The third-order valence-electron chi connectivity index (χ3n) is 8.58. The molecule has 11 heteroatoms. The SMILES string of the molecule is O=C(N[C@H](Cc1ccc(Cl)cc1)C(=O)N1CCN(c2ccccc2C(=O)N2CCCCC2)CC1)c1cc(=O)c2ccc(F)cc2o1. The van der Waals surface area contributed by atoms with Crippen LogP contribution < -0.4 is 15.6 Å². The normalized spacial score (nSPS) is 15.9. The monoisotopic (exact) mass is 644 g/mol. The van der Waals surface area contributed by atoms with Gasteiger partial charge in [-0.3, -0.25) is 19.2 Å². The van der Waals surface area contributed by atoms with Crippen LogP contribution in [0.15, 0.2) is 82.0 Å². The molecule has 3 aromatic carbocycles. The topological polar surface area (TPSA) is 103 Å². The molecule has 9 nitrogen and oxygen atoms in total. The van der Waals surface area contributed by atoms with E-state index >= 15 is 0 Å². The van der Waals surface area contributed by atoms with Gasteiger partial charge in [0, 0.05) is 68.5 Å². The minimum absolute atomic E-state index is 0.0302. The van der Waals surface area contributed by atoms with Gasteiger partial charge in [-0.1, -0.05) is 35.9 Å². The number of nitrogens with one attached hydrogen (secondary N) is 1. The number of likely N-dealkylation sites (tertiary alicyclic amines) is 1. The molecule has 2 saturated heterocycles. The van der Waals surface area contributed by atoms with Crippen LogP contribution in [0.2, 0.25) is 5.02 Å². The van der Waals surface area contributed by atoms with Crippen molar-refractivity contribution in [2.24, 2.45) is 0 Å². The number of carbonyl (C=O) groups is 3. The molecular weight excluding hydrogens is 611 g/mol. The first-order chi connectivity index (χ1) is 22.3. The largest absolute Gasteiger partial charge is 0.451 e. The second-order valence-corrected chi connectivity index (χ2v) is 12.1. The van der Waals surface area contributed by atoms with Crippen molar-refractivity contribution >= 4 is 46.0 Å². The Labute approximate surface area is 270 Å². The maximum Gasteiger partial charge on any atom is 0.287 e. The summed E-state index contributed by atoms with van der Waals surface area (Å²) in [5, 5.41) is 3.43. The number of rotatable bonds is 7. The number of benzene rings is 3. The highest BCUT2D eigenvalue weighted by molar-refractivity contribution is 6.30. The fraction of sp³-hybridized carbons (Fsp3) is 0.314. The van der Waals surface area contributed by atoms with Gasteiger partial charge >= 0.3 is 0 Å². The lowest BCUT2D eigenvalue weighted by Gasteiger charge is -2.38. The molecule has 0 radical (unpaired) electrons. The molecule has 0 saturated carbocycles. The Bertz CT molecular complexity index is 1810. The van der Waals surface area contributed by atoms with Crippen LogP contribution in [0.5, 0.6) is 0 Å². The molecule has 0 unspecified atom stereocenters. The van der Waals surface area contributed by atoms with Gasteiger partial charge in [0.15, 0.2) is 11.2 Å². The third kappa shape index (κ3) is 6.92. The van der Waals surface area contributed by atoms with Crippen molar-refractivity contribution in [2.75, 3.05) is 44.2 Å². The highest BCUT2D eigenvalue weighted by Crippen LogP contribution is 2.25. The number of anilines is 1. The van der Waals surface area contributed by atoms with Crippen LogP contribution in [0.4, 0.5) is 10.1 Å². The van der Waals surface area contributed by atoms with Gasteiger partial charge in [0.1, 0.15) is 17.4 Å². The van der Waals surface area contributed by atoms with E-state index in [-0.39, 0.29) is 35.0 Å². The summed E-state index contributed by atoms with van der Waals surface area (Å²) in [5.41, 5.74) is 1.72. The van der Waals surface area contributed by atoms with Crippen molar-refractivity contribution in [1.29, 1.82) is 0 Å². The number of halogens is 2. The van der Waals surface area contributed by atoms with Crippen LogP contribution in [0.1, 0.15) is 45.7 Å². The summed E-state index contributed by atoms with van der Waals surface area (Å²) >= 11 is 6.07. The van der Waals surface area contributed by atoms with Crippen molar-refractivity contribution in [2.45, 2.75) is 31.7 Å². The minimum atomic E-state index is -0.985. The van der Waals surface area contributed by atoms with E-state index in [1.54, 1.807) is 29.2 Å². The second kappa shape index (κ2) is 13.7. The Morgan fingerprint density at radius 1 is 0.848 bits per heavy atom. The first-order valence-electron chi connectivity index (χ1n) is 15.5. The molecule has 0 aliphatic carbocycles. The molecule has 46 heavy (non-hydrogen) atoms. The van der Waals surface area contributed by atoms with E-state index in [0.29, 0.717) is 36.8 Å². The van der Waals surface area contributed by atoms with Crippen LogP contribution in [0.25, 0.3) is 11.0 Å². The van der Waals surface area contributed by atoms with Crippen LogP contribution in [0.3, 0.4) is 0 Å². The van der Waals surface area contributed by atoms with E-state index < -0.39 is 23.2 Å². The summed E-state index contributed by atoms with van der Waals surface area (Å²) in [6, 6.07) is 18.1. The van der Waals surface area contributed by atoms with Crippen molar-refractivity contribution in [3.05, 3.63) is 111 Å². The molecule has 0 bridgehead atoms. The van der Waals surface area contributed by atoms with E-state index in [9.17, 15) is 23.6 Å². The molecule has 4 aromatic rings. The zero-order valence-corrected chi connectivity index (χ0v) is 26.0. The third-order valence-corrected chi connectivity index (χ3v) is 8.83. The van der Waals surface area contributed by atoms with Crippen molar-refractivity contribution < 1.29 is 23.2 Å². The van der Waals surface area contributed by atoms with E-state index in [2.05, 4.69) is 10.2 Å². The summed E-state index contributed by atoms with van der Waals surface area (Å²) in [6.45, 7) is 3.28. The predicted molar refractivity (Wildman–Crippen MR) is 174 cm³/mol. The van der Waals surface area contributed by atoms with Gasteiger partial charge in [-0.15, -0.1) is 0 Å². The van der Waals surface area contributed by atoms with Crippen molar-refractivity contribution in [3.8, 4) is 0 Å². The highest BCUT2D eigenvalue weighted by Gasteiger charge is 2.31. The van der Waals surface area contributed by atoms with Gasteiger partial charge in [-0.25, -0.2) is 4.39 Å². The molecular formula is C35H34ClFN4O5. The van der Waals surface area contributed by atoms with E-state index in [4.69, 9.17) is 16.0 Å². The van der Waals surface area contributed by atoms with Crippen molar-refractivity contribution in [1.82, 2.24) is 15.1 Å². The molecule has 3 heterocycles. The number of carbonyl (C=O) groups excluding carboxylic acids is 3. The summed E-state index contributed by atoms with van der Waals surface area (Å²) < 4.78 is 19.4. The smallest absolute Gasteiger partial charge is 0.287 e. The summed E-state index contributed by atoms with van der Waals surface area (Å²) in [6.07, 6.45) is 3.32. The number of hydrogen-bond acceptors (Lipinski definition) is 6. The Balaban J connectivity index is 1.19. The maximum atomic E-state index is 13.9. The number of hydrogen-bond donors (Lipinski definition) is 1. The predicted octanol–water partition coefficient (Wildman–Crippen LogP) is 4.90. The Morgan fingerprint density at radius 3 is 2.30 bits per heavy atom. The van der Waals surface area contributed by atoms with Crippen LogP contribution in [0, 0.1) is 5.82 Å². The van der Waals surface area contributed by atoms with Gasteiger partial charge in [0.2, 0.25) is 5.91 Å². The zero-order chi connectivity index (χ0) is 32.2. The fourth-order valence-corrected chi connectivity index (χ4v) is 6.24. The number of piperazine rings is 1.